The molecule has 4 heteroatoms. The highest BCUT2D eigenvalue weighted by molar-refractivity contribution is 5.82. The lowest BCUT2D eigenvalue weighted by Gasteiger charge is -2.28. The minimum Gasteiger partial charge on any atom is -0.465 e. The van der Waals surface area contributed by atoms with Crippen LogP contribution < -0.4 is 0 Å². The highest BCUT2D eigenvalue weighted by atomic mass is 16.5. The van der Waals surface area contributed by atoms with Crippen molar-refractivity contribution >= 4 is 11.9 Å². The number of hydrogen-bond acceptors (Lipinski definition) is 4. The van der Waals surface area contributed by atoms with Gasteiger partial charge in [-0.3, -0.25) is 9.59 Å². The molecule has 1 rings (SSSR count). The summed E-state index contributed by atoms with van der Waals surface area (Å²) in [5, 5.41) is 0. The summed E-state index contributed by atoms with van der Waals surface area (Å²) >= 11 is 0. The van der Waals surface area contributed by atoms with Crippen LogP contribution in [0.4, 0.5) is 0 Å². The zero-order chi connectivity index (χ0) is 22.2. The van der Waals surface area contributed by atoms with E-state index in [2.05, 4.69) is 20.8 Å². The number of allylic oxidation sites excluding steroid dienone is 2. The van der Waals surface area contributed by atoms with E-state index >= 15 is 0 Å². The second kappa shape index (κ2) is 16.4. The first kappa shape index (κ1) is 26.7. The maximum Gasteiger partial charge on any atom is 0.310 e. The first-order valence-electron chi connectivity index (χ1n) is 12.5. The average Bonchev–Trinajstić information content (AvgIpc) is 2.75. The fourth-order valence-electron chi connectivity index (χ4n) is 4.13. The van der Waals surface area contributed by atoms with Gasteiger partial charge in [-0.05, 0) is 31.6 Å². The molecule has 30 heavy (non-hydrogen) atoms. The van der Waals surface area contributed by atoms with Gasteiger partial charge < -0.3 is 9.47 Å². The monoisotopic (exact) mass is 422 g/mol. The number of carbonyl (C=O) groups excluding carboxylic acids is 2. The van der Waals surface area contributed by atoms with Gasteiger partial charge in [0.15, 0.2) is 0 Å². The SMILES string of the molecule is CCCCCCCCCCCCOC(=O)C1CC=CCC1C(=O)OC(CC)C(C)C. The lowest BCUT2D eigenvalue weighted by molar-refractivity contribution is -0.166. The lowest BCUT2D eigenvalue weighted by atomic mass is 9.83. The summed E-state index contributed by atoms with van der Waals surface area (Å²) in [6.45, 7) is 8.84. The Hall–Kier alpha value is -1.32. The van der Waals surface area contributed by atoms with Crippen molar-refractivity contribution < 1.29 is 19.1 Å². The van der Waals surface area contributed by atoms with Crippen LogP contribution in [0.25, 0.3) is 0 Å². The van der Waals surface area contributed by atoms with Gasteiger partial charge in [-0.15, -0.1) is 0 Å². The number of unbranched alkanes of at least 4 members (excludes halogenated alkanes) is 9. The zero-order valence-corrected chi connectivity index (χ0v) is 20.0. The van der Waals surface area contributed by atoms with E-state index in [0.717, 1.165) is 19.3 Å². The maximum atomic E-state index is 12.7. The minimum absolute atomic E-state index is 0.0910. The van der Waals surface area contributed by atoms with Crippen molar-refractivity contribution in [3.05, 3.63) is 12.2 Å². The topological polar surface area (TPSA) is 52.6 Å². The quantitative estimate of drug-likeness (QED) is 0.152. The summed E-state index contributed by atoms with van der Waals surface area (Å²) in [7, 11) is 0. The van der Waals surface area contributed by atoms with Gasteiger partial charge in [0.2, 0.25) is 0 Å². The summed E-state index contributed by atoms with van der Waals surface area (Å²) in [6.07, 6.45) is 18.3. The molecular weight excluding hydrogens is 376 g/mol. The van der Waals surface area contributed by atoms with Crippen LogP contribution in [0.2, 0.25) is 0 Å². The third-order valence-electron chi connectivity index (χ3n) is 6.19. The standard InChI is InChI=1S/C26H46O4/c1-5-7-8-9-10-11-12-13-14-17-20-29-25(27)22-18-15-16-19-23(22)26(28)30-24(6-2)21(3)4/h15-16,21-24H,5-14,17-20H2,1-4H3. The van der Waals surface area contributed by atoms with Crippen LogP contribution in [0, 0.1) is 17.8 Å². The molecule has 174 valence electrons. The van der Waals surface area contributed by atoms with Crippen LogP contribution in [-0.2, 0) is 19.1 Å². The Kier molecular flexibility index (Phi) is 14.6. The number of carbonyl (C=O) groups is 2. The smallest absolute Gasteiger partial charge is 0.310 e. The van der Waals surface area contributed by atoms with E-state index < -0.39 is 11.8 Å². The Morgan fingerprint density at radius 2 is 1.30 bits per heavy atom. The molecular formula is C26H46O4. The second-order valence-corrected chi connectivity index (χ2v) is 9.13. The Balaban J connectivity index is 2.26. The molecule has 0 aromatic heterocycles. The minimum atomic E-state index is -0.414. The largest absolute Gasteiger partial charge is 0.465 e. The fourth-order valence-corrected chi connectivity index (χ4v) is 4.13. The van der Waals surface area contributed by atoms with Crippen molar-refractivity contribution in [1.29, 1.82) is 0 Å². The van der Waals surface area contributed by atoms with E-state index in [4.69, 9.17) is 9.47 Å². The second-order valence-electron chi connectivity index (χ2n) is 9.13. The average molecular weight is 423 g/mol. The van der Waals surface area contributed by atoms with E-state index in [1.165, 1.54) is 51.4 Å². The third-order valence-corrected chi connectivity index (χ3v) is 6.19. The molecule has 0 saturated carbocycles. The molecule has 1 aliphatic carbocycles. The molecule has 0 aliphatic heterocycles. The van der Waals surface area contributed by atoms with Gasteiger partial charge in [-0.25, -0.2) is 0 Å². The molecule has 0 amide bonds. The van der Waals surface area contributed by atoms with E-state index in [9.17, 15) is 9.59 Å². The van der Waals surface area contributed by atoms with Crippen LogP contribution in [0.5, 0.6) is 0 Å². The van der Waals surface area contributed by atoms with Crippen molar-refractivity contribution in [2.45, 2.75) is 117 Å². The van der Waals surface area contributed by atoms with Gasteiger partial charge in [0.25, 0.3) is 0 Å². The molecule has 0 aromatic rings. The molecule has 0 heterocycles. The molecule has 4 nitrogen and oxygen atoms in total. The lowest BCUT2D eigenvalue weighted by Crippen LogP contribution is -2.36. The van der Waals surface area contributed by atoms with Gasteiger partial charge in [-0.1, -0.05) is 97.6 Å². The molecule has 0 saturated heterocycles. The first-order valence-corrected chi connectivity index (χ1v) is 12.5. The first-order chi connectivity index (χ1) is 14.5. The van der Waals surface area contributed by atoms with Crippen molar-refractivity contribution in [1.82, 2.24) is 0 Å². The molecule has 0 bridgehead atoms. The molecule has 3 atom stereocenters. The Bertz CT molecular complexity index is 497. The highest BCUT2D eigenvalue weighted by Gasteiger charge is 2.37. The number of esters is 2. The van der Waals surface area contributed by atoms with Gasteiger partial charge in [-0.2, -0.15) is 0 Å². The Morgan fingerprint density at radius 3 is 1.80 bits per heavy atom. The number of ether oxygens (including phenoxy) is 2. The van der Waals surface area contributed by atoms with Crippen LogP contribution in [0.1, 0.15) is 111 Å². The molecule has 1 aliphatic rings. The van der Waals surface area contributed by atoms with E-state index in [0.29, 0.717) is 19.4 Å². The fraction of sp³-hybridized carbons (Fsp3) is 0.846. The van der Waals surface area contributed by atoms with Gasteiger partial charge in [0.1, 0.15) is 6.10 Å². The van der Waals surface area contributed by atoms with Gasteiger partial charge in [0.05, 0.1) is 18.4 Å². The Morgan fingerprint density at radius 1 is 0.800 bits per heavy atom. The summed E-state index contributed by atoms with van der Waals surface area (Å²) in [6, 6.07) is 0. The molecule has 3 unspecified atom stereocenters. The summed E-state index contributed by atoms with van der Waals surface area (Å²) < 4.78 is 11.2. The highest BCUT2D eigenvalue weighted by Crippen LogP contribution is 2.29. The van der Waals surface area contributed by atoms with E-state index in [1.807, 2.05) is 19.1 Å². The molecule has 0 aromatic carbocycles. The van der Waals surface area contributed by atoms with Crippen LogP contribution >= 0.6 is 0 Å². The molecule has 0 spiro atoms. The predicted octanol–water partition coefficient (Wildman–Crippen LogP) is 7.01. The van der Waals surface area contributed by atoms with Gasteiger partial charge >= 0.3 is 11.9 Å². The van der Waals surface area contributed by atoms with Crippen molar-refractivity contribution in [3.63, 3.8) is 0 Å². The maximum absolute atomic E-state index is 12.7. The molecule has 0 radical (unpaired) electrons. The number of rotatable bonds is 16. The summed E-state index contributed by atoms with van der Waals surface area (Å²) in [5.74, 6) is -1.03. The normalized spacial score (nSPS) is 19.6. The van der Waals surface area contributed by atoms with Crippen LogP contribution in [0.15, 0.2) is 12.2 Å². The van der Waals surface area contributed by atoms with Crippen molar-refractivity contribution in [2.75, 3.05) is 6.61 Å². The van der Waals surface area contributed by atoms with Crippen LogP contribution in [-0.4, -0.2) is 24.6 Å². The van der Waals surface area contributed by atoms with Gasteiger partial charge in [0, 0.05) is 0 Å². The van der Waals surface area contributed by atoms with E-state index in [1.54, 1.807) is 0 Å². The predicted molar refractivity (Wildman–Crippen MR) is 123 cm³/mol. The van der Waals surface area contributed by atoms with Crippen molar-refractivity contribution in [3.8, 4) is 0 Å². The van der Waals surface area contributed by atoms with Crippen LogP contribution in [0.3, 0.4) is 0 Å². The van der Waals surface area contributed by atoms with Crippen molar-refractivity contribution in [2.24, 2.45) is 17.8 Å². The Labute approximate surface area is 185 Å². The molecule has 0 fully saturated rings. The zero-order valence-electron chi connectivity index (χ0n) is 20.0. The van der Waals surface area contributed by atoms with E-state index in [-0.39, 0.29) is 24.0 Å². The molecule has 0 N–H and O–H groups in total. The summed E-state index contributed by atoms with van der Waals surface area (Å²) in [5.41, 5.74) is 0. The third kappa shape index (κ3) is 10.6. The summed E-state index contributed by atoms with van der Waals surface area (Å²) in [4.78, 5) is 25.3. The number of hydrogen-bond donors (Lipinski definition) is 0.